The second-order valence-electron chi connectivity index (χ2n) is 15.1. The van der Waals surface area contributed by atoms with Crippen LogP contribution in [0.3, 0.4) is 0 Å². The van der Waals surface area contributed by atoms with Gasteiger partial charge in [-0.2, -0.15) is 0 Å². The Morgan fingerprint density at radius 3 is 2.05 bits per heavy atom. The highest BCUT2D eigenvalue weighted by atomic mass is 32.1. The molecule has 0 aliphatic carbocycles. The van der Waals surface area contributed by atoms with E-state index in [-0.39, 0.29) is 11.6 Å². The Balaban J connectivity index is 1.11. The predicted molar refractivity (Wildman–Crippen MR) is 246 cm³/mol. The van der Waals surface area contributed by atoms with Gasteiger partial charge < -0.3 is 20.6 Å². The monoisotopic (exact) mass is 856 g/mol. The molecule has 6 heterocycles. The topological polar surface area (TPSA) is 133 Å². The number of rotatable bonds is 12. The van der Waals surface area contributed by atoms with Crippen LogP contribution >= 0.6 is 22.7 Å². The Hall–Kier alpha value is -7.16. The van der Waals surface area contributed by atoms with Gasteiger partial charge in [0, 0.05) is 46.0 Å². The van der Waals surface area contributed by atoms with E-state index in [0.717, 1.165) is 83.3 Å². The van der Waals surface area contributed by atoms with E-state index in [9.17, 15) is 4.39 Å². The number of aromatic amines is 2. The van der Waals surface area contributed by atoms with Crippen LogP contribution in [0.1, 0.15) is 35.3 Å². The van der Waals surface area contributed by atoms with E-state index in [2.05, 4.69) is 66.7 Å². The molecule has 10 nitrogen and oxygen atoms in total. The lowest BCUT2D eigenvalue weighted by Crippen LogP contribution is -2.02. The number of nitrogens with one attached hydrogen (secondary N) is 4. The zero-order valence-corrected chi connectivity index (χ0v) is 35.5. The minimum Gasteiger partial charge on any atom is -0.378 e. The maximum atomic E-state index is 16.9. The van der Waals surface area contributed by atoms with Crippen molar-refractivity contribution in [2.24, 2.45) is 0 Å². The molecule has 0 fully saturated rings. The lowest BCUT2D eigenvalue weighted by Gasteiger charge is -2.17. The number of halogens is 2. The zero-order chi connectivity index (χ0) is 42.3. The molecule has 14 heteroatoms. The highest BCUT2D eigenvalue weighted by molar-refractivity contribution is 7.17. The number of nitrogens with zero attached hydrogens (tertiary/aromatic N) is 6. The molecule has 0 radical (unpaired) electrons. The molecule has 10 aromatic rings. The summed E-state index contributed by atoms with van der Waals surface area (Å²) < 4.78 is 33.3. The van der Waals surface area contributed by atoms with Crippen LogP contribution in [0, 0.1) is 25.5 Å². The van der Waals surface area contributed by atoms with Crippen molar-refractivity contribution in [2.75, 3.05) is 10.6 Å². The van der Waals surface area contributed by atoms with Crippen LogP contribution in [0.4, 0.5) is 20.2 Å². The quantitative estimate of drug-likeness (QED) is 0.0955. The highest BCUT2D eigenvalue weighted by Crippen LogP contribution is 2.43. The molecule has 4 aromatic carbocycles. The minimum atomic E-state index is -0.348. The van der Waals surface area contributed by atoms with Gasteiger partial charge in [-0.25, -0.2) is 28.7 Å². The number of hydrogen-bond donors (Lipinski definition) is 4. The number of hydrogen-bond acceptors (Lipinski definition) is 10. The van der Waals surface area contributed by atoms with Crippen molar-refractivity contribution in [1.82, 2.24) is 39.9 Å². The first-order valence-electron chi connectivity index (χ1n) is 20.0. The summed E-state index contributed by atoms with van der Waals surface area (Å²) in [4.78, 5) is 34.3. The van der Waals surface area contributed by atoms with Gasteiger partial charge in [-0.05, 0) is 103 Å². The first kappa shape index (κ1) is 39.0. The lowest BCUT2D eigenvalue weighted by atomic mass is 9.91. The van der Waals surface area contributed by atoms with Gasteiger partial charge in [-0.15, -0.1) is 22.7 Å². The standard InChI is InChI=1S/C48H38F2N10S2/c1-4-44-54-22-35(60-44)21-53-32-15-36(28-6-8-41-42(13-28)61-24-58-41)47(56-19-32)31-10-27(3)45(50)38(12-31)39-11-30(14-43-48(39)59-25-62-43)37-16-33(52-20-34-17-51-23-57-34)18-55-46(37)29-5-7-40(49)26(2)9-29/h5-19,22-25,52-53H,4,20-21H2,1-3H3,(H,51,57)(H,54,60). The Kier molecular flexibility index (Phi) is 10.3. The molecule has 0 aliphatic heterocycles. The van der Waals surface area contributed by atoms with E-state index in [0.29, 0.717) is 52.2 Å². The largest absolute Gasteiger partial charge is 0.378 e. The molecule has 0 amide bonds. The van der Waals surface area contributed by atoms with E-state index >= 15 is 4.39 Å². The van der Waals surface area contributed by atoms with Gasteiger partial charge in [-0.3, -0.25) is 9.97 Å². The Morgan fingerprint density at radius 2 is 1.29 bits per heavy atom. The first-order valence-corrected chi connectivity index (χ1v) is 21.8. The molecular formula is C48H38F2N10S2. The summed E-state index contributed by atoms with van der Waals surface area (Å²) >= 11 is 3.06. The predicted octanol–water partition coefficient (Wildman–Crippen LogP) is 12.2. The molecule has 0 atom stereocenters. The van der Waals surface area contributed by atoms with Crippen LogP contribution in [0.5, 0.6) is 0 Å². The Bertz CT molecular complexity index is 3260. The number of anilines is 2. The van der Waals surface area contributed by atoms with E-state index in [1.54, 1.807) is 61.5 Å². The molecule has 0 bridgehead atoms. The van der Waals surface area contributed by atoms with Crippen molar-refractivity contribution in [1.29, 1.82) is 0 Å². The Labute approximate surface area is 363 Å². The van der Waals surface area contributed by atoms with Gasteiger partial charge in [0.05, 0.1) is 104 Å². The van der Waals surface area contributed by atoms with Crippen LogP contribution in [-0.2, 0) is 19.5 Å². The van der Waals surface area contributed by atoms with Crippen LogP contribution in [0.15, 0.2) is 115 Å². The fourth-order valence-electron chi connectivity index (χ4n) is 7.72. The summed E-state index contributed by atoms with van der Waals surface area (Å²) in [6.45, 7) is 6.63. The molecule has 0 aliphatic rings. The lowest BCUT2D eigenvalue weighted by molar-refractivity contribution is 0.618. The molecule has 0 spiro atoms. The smallest absolute Gasteiger partial charge is 0.134 e. The molecule has 0 saturated heterocycles. The average Bonchev–Trinajstić information content (AvgIpc) is 4.15. The second-order valence-corrected chi connectivity index (χ2v) is 16.9. The maximum absolute atomic E-state index is 16.9. The maximum Gasteiger partial charge on any atom is 0.134 e. The first-order chi connectivity index (χ1) is 30.3. The summed E-state index contributed by atoms with van der Waals surface area (Å²) in [6.07, 6.45) is 9.66. The van der Waals surface area contributed by atoms with Crippen molar-refractivity contribution < 1.29 is 8.78 Å². The van der Waals surface area contributed by atoms with Crippen molar-refractivity contribution in [3.8, 4) is 55.9 Å². The van der Waals surface area contributed by atoms with Gasteiger partial charge in [0.2, 0.25) is 0 Å². The summed E-state index contributed by atoms with van der Waals surface area (Å²) in [5.41, 5.74) is 17.1. The molecular weight excluding hydrogens is 819 g/mol. The van der Waals surface area contributed by atoms with Gasteiger partial charge in [-0.1, -0.05) is 13.0 Å². The number of thiazole rings is 2. The van der Waals surface area contributed by atoms with Crippen molar-refractivity contribution >= 4 is 54.5 Å². The van der Waals surface area contributed by atoms with Crippen molar-refractivity contribution in [3.05, 3.63) is 155 Å². The van der Waals surface area contributed by atoms with Gasteiger partial charge in [0.25, 0.3) is 0 Å². The van der Waals surface area contributed by atoms with E-state index in [1.807, 2.05) is 48.2 Å². The number of pyridine rings is 2. The SMILES string of the molecule is CCc1ncc(CNc2cnc(-c3cc(C)c(F)c(-c4cc(-c5cc(NCc6cnc[nH]6)cnc5-c5ccc(F)c(C)c5)cc5scnc45)c3)c(-c3ccc4ncsc4c3)c2)[nH]1. The number of imidazole rings is 2. The van der Waals surface area contributed by atoms with Crippen LogP contribution in [0.25, 0.3) is 76.3 Å². The summed E-state index contributed by atoms with van der Waals surface area (Å²) in [6, 6.07) is 23.1. The number of fused-ring (bicyclic) bond motifs is 2. The summed E-state index contributed by atoms with van der Waals surface area (Å²) in [5, 5.41) is 6.96. The van der Waals surface area contributed by atoms with E-state index < -0.39 is 0 Å². The van der Waals surface area contributed by atoms with E-state index in [1.165, 1.54) is 17.4 Å². The van der Waals surface area contributed by atoms with Crippen molar-refractivity contribution in [3.63, 3.8) is 0 Å². The molecule has 0 unspecified atom stereocenters. The molecule has 0 saturated carbocycles. The number of H-pyrrole nitrogens is 2. The fourth-order valence-corrected chi connectivity index (χ4v) is 9.18. The molecule has 4 N–H and O–H groups in total. The number of aryl methyl sites for hydroxylation is 3. The zero-order valence-electron chi connectivity index (χ0n) is 33.8. The van der Waals surface area contributed by atoms with Crippen LogP contribution in [0.2, 0.25) is 0 Å². The fraction of sp³-hybridized carbons (Fsp3) is 0.125. The second kappa shape index (κ2) is 16.4. The normalized spacial score (nSPS) is 11.5. The number of aromatic nitrogens is 8. The molecule has 306 valence electrons. The third kappa shape index (κ3) is 7.58. The summed E-state index contributed by atoms with van der Waals surface area (Å²) in [7, 11) is 0. The molecule has 62 heavy (non-hydrogen) atoms. The van der Waals surface area contributed by atoms with Crippen molar-refractivity contribution in [2.45, 2.75) is 40.3 Å². The molecule has 10 rings (SSSR count). The minimum absolute atomic E-state index is 0.292. The van der Waals surface area contributed by atoms with Gasteiger partial charge in [0.1, 0.15) is 17.5 Å². The van der Waals surface area contributed by atoms with E-state index in [4.69, 9.17) is 15.0 Å². The third-order valence-corrected chi connectivity index (χ3v) is 12.5. The molecule has 6 aromatic heterocycles. The van der Waals surface area contributed by atoms with Crippen LogP contribution < -0.4 is 10.6 Å². The third-order valence-electron chi connectivity index (χ3n) is 11.0. The van der Waals surface area contributed by atoms with Gasteiger partial charge >= 0.3 is 0 Å². The summed E-state index contributed by atoms with van der Waals surface area (Å²) in [5.74, 6) is 0.294. The average molecular weight is 857 g/mol. The van der Waals surface area contributed by atoms with Crippen LogP contribution in [-0.4, -0.2) is 39.9 Å². The number of benzene rings is 4. The highest BCUT2D eigenvalue weighted by Gasteiger charge is 2.21. The Morgan fingerprint density at radius 1 is 0.597 bits per heavy atom. The van der Waals surface area contributed by atoms with Gasteiger partial charge in [0.15, 0.2) is 0 Å².